The molecule has 0 atom stereocenters. The highest BCUT2D eigenvalue weighted by molar-refractivity contribution is 5.15. The molecule has 78 valence electrons. The van der Waals surface area contributed by atoms with Crippen molar-refractivity contribution in [2.75, 3.05) is 0 Å². The lowest BCUT2D eigenvalue weighted by Crippen LogP contribution is -2.09. The van der Waals surface area contributed by atoms with Crippen molar-refractivity contribution in [1.82, 2.24) is 15.0 Å². The number of hydrogen-bond donors (Lipinski definition) is 1. The highest BCUT2D eigenvalue weighted by Crippen LogP contribution is 2.17. The summed E-state index contributed by atoms with van der Waals surface area (Å²) in [6, 6.07) is 0. The summed E-state index contributed by atoms with van der Waals surface area (Å²) >= 11 is 0. The Balaban J connectivity index is 3.04. The quantitative estimate of drug-likeness (QED) is 0.738. The van der Waals surface area contributed by atoms with E-state index in [4.69, 9.17) is 5.73 Å². The number of allylic oxidation sites excluding steroid dienone is 1. The Bertz CT molecular complexity index is 325. The van der Waals surface area contributed by atoms with Gasteiger partial charge in [-0.1, -0.05) is 31.2 Å². The number of nitrogens with zero attached hydrogens (tertiary/aromatic N) is 3. The minimum absolute atomic E-state index is 0.392. The normalized spacial score (nSPS) is 10.9. The van der Waals surface area contributed by atoms with Gasteiger partial charge in [0.05, 0.1) is 17.9 Å². The predicted octanol–water partition coefficient (Wildman–Crippen LogP) is 1.44. The molecular formula is C10H18N4. The van der Waals surface area contributed by atoms with E-state index in [-0.39, 0.29) is 0 Å². The molecule has 0 saturated carbocycles. The maximum atomic E-state index is 5.59. The van der Waals surface area contributed by atoms with E-state index in [1.165, 1.54) is 0 Å². The van der Waals surface area contributed by atoms with Gasteiger partial charge in [-0.05, 0) is 12.8 Å². The van der Waals surface area contributed by atoms with E-state index in [1.807, 2.05) is 11.6 Å². The third-order valence-corrected chi connectivity index (χ3v) is 2.01. The minimum Gasteiger partial charge on any atom is -0.325 e. The summed E-state index contributed by atoms with van der Waals surface area (Å²) in [6.45, 7) is 11.3. The number of aromatic nitrogens is 3. The summed E-state index contributed by atoms with van der Waals surface area (Å²) in [5.74, 6) is 0.392. The molecule has 1 heterocycles. The van der Waals surface area contributed by atoms with Gasteiger partial charge in [-0.3, -0.25) is 0 Å². The van der Waals surface area contributed by atoms with Gasteiger partial charge in [0.15, 0.2) is 0 Å². The van der Waals surface area contributed by atoms with Gasteiger partial charge in [0, 0.05) is 6.54 Å². The zero-order chi connectivity index (χ0) is 10.7. The maximum absolute atomic E-state index is 5.59. The van der Waals surface area contributed by atoms with Gasteiger partial charge in [-0.25, -0.2) is 4.68 Å². The van der Waals surface area contributed by atoms with E-state index in [2.05, 4.69) is 30.7 Å². The van der Waals surface area contributed by atoms with Crippen LogP contribution in [0.15, 0.2) is 12.2 Å². The van der Waals surface area contributed by atoms with Crippen molar-refractivity contribution in [3.8, 4) is 0 Å². The van der Waals surface area contributed by atoms with Crippen molar-refractivity contribution in [1.29, 1.82) is 0 Å². The highest BCUT2D eigenvalue weighted by atomic mass is 15.4. The SMILES string of the molecule is C=C(C)Cn1nnc(CN)c1C(C)C. The van der Waals surface area contributed by atoms with E-state index in [9.17, 15) is 0 Å². The molecule has 0 aromatic carbocycles. The number of hydrogen-bond acceptors (Lipinski definition) is 3. The van der Waals surface area contributed by atoms with Crippen LogP contribution in [0, 0.1) is 0 Å². The molecule has 0 spiro atoms. The van der Waals surface area contributed by atoms with Crippen LogP contribution in [0.1, 0.15) is 38.1 Å². The largest absolute Gasteiger partial charge is 0.325 e. The van der Waals surface area contributed by atoms with Crippen LogP contribution < -0.4 is 5.73 Å². The molecule has 14 heavy (non-hydrogen) atoms. The molecule has 0 unspecified atom stereocenters. The first-order valence-corrected chi connectivity index (χ1v) is 4.83. The first-order chi connectivity index (χ1) is 6.56. The predicted molar refractivity (Wildman–Crippen MR) is 56.8 cm³/mol. The summed E-state index contributed by atoms with van der Waals surface area (Å²) in [6.07, 6.45) is 0. The molecule has 4 heteroatoms. The summed E-state index contributed by atoms with van der Waals surface area (Å²) in [7, 11) is 0. The second-order valence-corrected chi connectivity index (χ2v) is 3.89. The Morgan fingerprint density at radius 1 is 1.57 bits per heavy atom. The fraction of sp³-hybridized carbons (Fsp3) is 0.600. The highest BCUT2D eigenvalue weighted by Gasteiger charge is 2.14. The van der Waals surface area contributed by atoms with Gasteiger partial charge in [-0.2, -0.15) is 0 Å². The number of rotatable bonds is 4. The summed E-state index contributed by atoms with van der Waals surface area (Å²) in [5, 5.41) is 8.13. The average Bonchev–Trinajstić information content (AvgIpc) is 2.46. The minimum atomic E-state index is 0.392. The van der Waals surface area contributed by atoms with Crippen LogP contribution in [0.25, 0.3) is 0 Å². The van der Waals surface area contributed by atoms with Crippen molar-refractivity contribution >= 4 is 0 Å². The van der Waals surface area contributed by atoms with E-state index in [0.717, 1.165) is 23.5 Å². The van der Waals surface area contributed by atoms with Crippen LogP contribution in [0.4, 0.5) is 0 Å². The molecule has 0 aliphatic heterocycles. The van der Waals surface area contributed by atoms with Crippen LogP contribution in [0.5, 0.6) is 0 Å². The van der Waals surface area contributed by atoms with Crippen molar-refractivity contribution in [2.24, 2.45) is 5.73 Å². The molecule has 0 aliphatic rings. The van der Waals surface area contributed by atoms with Crippen molar-refractivity contribution in [3.05, 3.63) is 23.5 Å². The molecule has 0 bridgehead atoms. The van der Waals surface area contributed by atoms with Crippen LogP contribution in [-0.4, -0.2) is 15.0 Å². The first-order valence-electron chi connectivity index (χ1n) is 4.83. The molecule has 4 nitrogen and oxygen atoms in total. The lowest BCUT2D eigenvalue weighted by molar-refractivity contribution is 0.592. The lowest BCUT2D eigenvalue weighted by Gasteiger charge is -2.10. The standard InChI is InChI=1S/C10H18N4/c1-7(2)6-14-10(8(3)4)9(5-11)12-13-14/h8H,1,5-6,11H2,2-4H3. The second-order valence-electron chi connectivity index (χ2n) is 3.89. The van der Waals surface area contributed by atoms with Gasteiger partial charge in [-0.15, -0.1) is 5.10 Å². The summed E-state index contributed by atoms with van der Waals surface area (Å²) in [5.41, 5.74) is 8.67. The smallest absolute Gasteiger partial charge is 0.0997 e. The third kappa shape index (κ3) is 2.20. The first kappa shape index (κ1) is 10.9. The second kappa shape index (κ2) is 4.37. The van der Waals surface area contributed by atoms with Crippen molar-refractivity contribution < 1.29 is 0 Å². The lowest BCUT2D eigenvalue weighted by atomic mass is 10.1. The van der Waals surface area contributed by atoms with E-state index >= 15 is 0 Å². The Kier molecular flexibility index (Phi) is 3.41. The van der Waals surface area contributed by atoms with E-state index < -0.39 is 0 Å². The van der Waals surface area contributed by atoms with Crippen LogP contribution in [0.3, 0.4) is 0 Å². The third-order valence-electron chi connectivity index (χ3n) is 2.01. The molecule has 1 aromatic rings. The van der Waals surface area contributed by atoms with Gasteiger partial charge in [0.2, 0.25) is 0 Å². The van der Waals surface area contributed by atoms with Crippen molar-refractivity contribution in [2.45, 2.75) is 39.8 Å². The molecule has 1 rings (SSSR count). The fourth-order valence-corrected chi connectivity index (χ4v) is 1.51. The van der Waals surface area contributed by atoms with E-state index in [0.29, 0.717) is 12.5 Å². The van der Waals surface area contributed by atoms with Gasteiger partial charge < -0.3 is 5.73 Å². The van der Waals surface area contributed by atoms with Gasteiger partial charge >= 0.3 is 0 Å². The Hall–Kier alpha value is -1.16. The van der Waals surface area contributed by atoms with Crippen LogP contribution in [-0.2, 0) is 13.1 Å². The molecule has 0 aliphatic carbocycles. The topological polar surface area (TPSA) is 56.7 Å². The molecular weight excluding hydrogens is 176 g/mol. The summed E-state index contributed by atoms with van der Waals surface area (Å²) < 4.78 is 1.88. The Morgan fingerprint density at radius 2 is 2.21 bits per heavy atom. The maximum Gasteiger partial charge on any atom is 0.0997 e. The Morgan fingerprint density at radius 3 is 2.64 bits per heavy atom. The summed E-state index contributed by atoms with van der Waals surface area (Å²) in [4.78, 5) is 0. The van der Waals surface area contributed by atoms with Gasteiger partial charge in [0.1, 0.15) is 0 Å². The average molecular weight is 194 g/mol. The molecule has 0 saturated heterocycles. The van der Waals surface area contributed by atoms with Crippen LogP contribution >= 0.6 is 0 Å². The van der Waals surface area contributed by atoms with Crippen molar-refractivity contribution in [3.63, 3.8) is 0 Å². The van der Waals surface area contributed by atoms with E-state index in [1.54, 1.807) is 0 Å². The monoisotopic (exact) mass is 194 g/mol. The Labute approximate surface area is 84.8 Å². The number of nitrogens with two attached hydrogens (primary N) is 1. The fourth-order valence-electron chi connectivity index (χ4n) is 1.51. The zero-order valence-corrected chi connectivity index (χ0v) is 9.12. The molecule has 2 N–H and O–H groups in total. The zero-order valence-electron chi connectivity index (χ0n) is 9.12. The molecule has 0 fully saturated rings. The molecule has 0 radical (unpaired) electrons. The molecule has 1 aromatic heterocycles. The molecule has 0 amide bonds. The van der Waals surface area contributed by atoms with Gasteiger partial charge in [0.25, 0.3) is 0 Å². The van der Waals surface area contributed by atoms with Crippen LogP contribution in [0.2, 0.25) is 0 Å².